The molecule has 0 saturated carbocycles. The van der Waals surface area contributed by atoms with Crippen LogP contribution in [0.15, 0.2) is 0 Å². The van der Waals surface area contributed by atoms with Gasteiger partial charge in [-0.3, -0.25) is 0 Å². The fourth-order valence-electron chi connectivity index (χ4n) is 0.370. The Morgan fingerprint density at radius 2 is 1.09 bits per heavy atom. The zero-order valence-electron chi connectivity index (χ0n) is 6.51. The van der Waals surface area contributed by atoms with Crippen LogP contribution in [0.5, 0.6) is 0 Å². The van der Waals surface area contributed by atoms with E-state index in [0.29, 0.717) is 0 Å². The minimum Gasteiger partial charge on any atom is -0.388 e. The Labute approximate surface area is 64.9 Å². The highest BCUT2D eigenvalue weighted by molar-refractivity contribution is 4.54. The zero-order valence-corrected chi connectivity index (χ0v) is 6.51. The van der Waals surface area contributed by atoms with Crippen molar-refractivity contribution in [3.8, 4) is 0 Å². The molecule has 0 bridgehead atoms. The van der Waals surface area contributed by atoms with Crippen molar-refractivity contribution in [2.24, 2.45) is 0 Å². The lowest BCUT2D eigenvalue weighted by atomic mass is 10.3. The number of hydrogen-bond acceptors (Lipinski definition) is 5. The standard InChI is InChI=1S/C6H14O5/c1-3(7)5(9)11-6(10)4(2)8/h3-10H,1-2H3. The average Bonchev–Trinajstić information content (AvgIpc) is 1.87. The van der Waals surface area contributed by atoms with Crippen molar-refractivity contribution in [2.75, 3.05) is 0 Å². The quantitative estimate of drug-likeness (QED) is 0.378. The molecule has 0 aliphatic heterocycles. The maximum Gasteiger partial charge on any atom is 0.183 e. The van der Waals surface area contributed by atoms with Gasteiger partial charge in [0.1, 0.15) is 12.2 Å². The van der Waals surface area contributed by atoms with Gasteiger partial charge in [0, 0.05) is 0 Å². The van der Waals surface area contributed by atoms with Gasteiger partial charge in [0.2, 0.25) is 0 Å². The van der Waals surface area contributed by atoms with E-state index in [1.807, 2.05) is 0 Å². The molecule has 0 amide bonds. The third-order valence-corrected chi connectivity index (χ3v) is 1.10. The van der Waals surface area contributed by atoms with Crippen LogP contribution in [-0.4, -0.2) is 45.2 Å². The molecule has 4 unspecified atom stereocenters. The first-order chi connectivity index (χ1) is 4.95. The molecule has 0 fully saturated rings. The molecule has 0 radical (unpaired) electrons. The van der Waals surface area contributed by atoms with Gasteiger partial charge in [-0.15, -0.1) is 0 Å². The summed E-state index contributed by atoms with van der Waals surface area (Å²) in [5.41, 5.74) is 0. The van der Waals surface area contributed by atoms with Crippen molar-refractivity contribution in [1.82, 2.24) is 0 Å². The molecule has 11 heavy (non-hydrogen) atoms. The molecule has 68 valence electrons. The normalized spacial score (nSPS) is 22.4. The molecule has 0 aliphatic carbocycles. The number of ether oxygens (including phenoxy) is 1. The van der Waals surface area contributed by atoms with Gasteiger partial charge in [-0.2, -0.15) is 0 Å². The van der Waals surface area contributed by atoms with Crippen LogP contribution in [0, 0.1) is 0 Å². The lowest BCUT2D eigenvalue weighted by molar-refractivity contribution is -0.260. The molecular formula is C6H14O5. The van der Waals surface area contributed by atoms with Crippen molar-refractivity contribution in [2.45, 2.75) is 38.6 Å². The smallest absolute Gasteiger partial charge is 0.183 e. The Hall–Kier alpha value is -0.200. The number of hydrogen-bond donors (Lipinski definition) is 4. The van der Waals surface area contributed by atoms with Gasteiger partial charge in [-0.25, -0.2) is 0 Å². The largest absolute Gasteiger partial charge is 0.388 e. The zero-order chi connectivity index (χ0) is 9.02. The topological polar surface area (TPSA) is 90.2 Å². The molecule has 0 rings (SSSR count). The molecule has 0 aromatic heterocycles. The van der Waals surface area contributed by atoms with Crippen LogP contribution in [0.4, 0.5) is 0 Å². The van der Waals surface area contributed by atoms with Crippen LogP contribution in [-0.2, 0) is 4.74 Å². The van der Waals surface area contributed by atoms with Crippen LogP contribution >= 0.6 is 0 Å². The summed E-state index contributed by atoms with van der Waals surface area (Å²) in [5, 5.41) is 35.0. The van der Waals surface area contributed by atoms with Gasteiger partial charge in [0.05, 0.1) is 0 Å². The van der Waals surface area contributed by atoms with Crippen LogP contribution < -0.4 is 0 Å². The summed E-state index contributed by atoms with van der Waals surface area (Å²) < 4.78 is 4.38. The van der Waals surface area contributed by atoms with Crippen molar-refractivity contribution in [3.05, 3.63) is 0 Å². The fraction of sp³-hybridized carbons (Fsp3) is 1.00. The van der Waals surface area contributed by atoms with Crippen molar-refractivity contribution >= 4 is 0 Å². The van der Waals surface area contributed by atoms with E-state index in [4.69, 9.17) is 20.4 Å². The van der Waals surface area contributed by atoms with E-state index in [2.05, 4.69) is 4.74 Å². The van der Waals surface area contributed by atoms with E-state index < -0.39 is 24.8 Å². The summed E-state index contributed by atoms with van der Waals surface area (Å²) in [4.78, 5) is 0. The van der Waals surface area contributed by atoms with Crippen LogP contribution in [0.3, 0.4) is 0 Å². The lowest BCUT2D eigenvalue weighted by Crippen LogP contribution is -2.35. The number of rotatable bonds is 4. The highest BCUT2D eigenvalue weighted by Gasteiger charge is 2.19. The fourth-order valence-corrected chi connectivity index (χ4v) is 0.370. The van der Waals surface area contributed by atoms with Gasteiger partial charge in [-0.1, -0.05) is 0 Å². The predicted octanol–water partition coefficient (Wildman–Crippen LogP) is -1.60. The van der Waals surface area contributed by atoms with E-state index in [1.165, 1.54) is 13.8 Å². The van der Waals surface area contributed by atoms with E-state index in [9.17, 15) is 0 Å². The minimum atomic E-state index is -1.47. The van der Waals surface area contributed by atoms with Gasteiger partial charge in [0.25, 0.3) is 0 Å². The van der Waals surface area contributed by atoms with E-state index in [1.54, 1.807) is 0 Å². The molecule has 4 atom stereocenters. The molecule has 0 aromatic rings. The Morgan fingerprint density at radius 1 is 0.818 bits per heavy atom. The highest BCUT2D eigenvalue weighted by Crippen LogP contribution is 2.01. The number of aliphatic hydroxyl groups excluding tert-OH is 4. The van der Waals surface area contributed by atoms with E-state index in [-0.39, 0.29) is 0 Å². The summed E-state index contributed by atoms with van der Waals surface area (Å²) in [5.74, 6) is 0. The monoisotopic (exact) mass is 166 g/mol. The minimum absolute atomic E-state index is 1.09. The summed E-state index contributed by atoms with van der Waals surface area (Å²) in [7, 11) is 0. The first-order valence-electron chi connectivity index (χ1n) is 3.33. The molecule has 0 heterocycles. The average molecular weight is 166 g/mol. The molecule has 0 aromatic carbocycles. The first kappa shape index (κ1) is 10.8. The molecule has 5 nitrogen and oxygen atoms in total. The molecule has 0 aliphatic rings. The highest BCUT2D eigenvalue weighted by atomic mass is 16.7. The molecule has 4 N–H and O–H groups in total. The molecule has 5 heteroatoms. The van der Waals surface area contributed by atoms with E-state index >= 15 is 0 Å². The molecular weight excluding hydrogens is 152 g/mol. The molecule has 0 saturated heterocycles. The summed E-state index contributed by atoms with van der Waals surface area (Å²) in [6.45, 7) is 2.61. The van der Waals surface area contributed by atoms with Crippen molar-refractivity contribution < 1.29 is 25.2 Å². The van der Waals surface area contributed by atoms with Crippen LogP contribution in [0.25, 0.3) is 0 Å². The van der Waals surface area contributed by atoms with E-state index in [0.717, 1.165) is 0 Å². The Morgan fingerprint density at radius 3 is 1.27 bits per heavy atom. The summed E-state index contributed by atoms with van der Waals surface area (Å²) in [6, 6.07) is 0. The SMILES string of the molecule is CC(O)C(O)OC(O)C(C)O. The van der Waals surface area contributed by atoms with Gasteiger partial charge in [0.15, 0.2) is 12.6 Å². The van der Waals surface area contributed by atoms with Crippen LogP contribution in [0.1, 0.15) is 13.8 Å². The second-order valence-electron chi connectivity index (χ2n) is 2.40. The van der Waals surface area contributed by atoms with Crippen molar-refractivity contribution in [3.63, 3.8) is 0 Å². The van der Waals surface area contributed by atoms with Crippen molar-refractivity contribution in [1.29, 1.82) is 0 Å². The third-order valence-electron chi connectivity index (χ3n) is 1.10. The molecule has 0 spiro atoms. The van der Waals surface area contributed by atoms with Gasteiger partial charge in [-0.05, 0) is 13.8 Å². The maximum atomic E-state index is 8.80. The summed E-state index contributed by atoms with van der Waals surface area (Å²) in [6.07, 6.45) is -5.13. The summed E-state index contributed by atoms with van der Waals surface area (Å²) >= 11 is 0. The van der Waals surface area contributed by atoms with Gasteiger partial charge >= 0.3 is 0 Å². The number of aliphatic hydroxyl groups is 4. The second-order valence-corrected chi connectivity index (χ2v) is 2.40. The first-order valence-corrected chi connectivity index (χ1v) is 3.33. The Kier molecular flexibility index (Phi) is 4.55. The van der Waals surface area contributed by atoms with Crippen LogP contribution in [0.2, 0.25) is 0 Å². The predicted molar refractivity (Wildman–Crippen MR) is 36.5 cm³/mol. The maximum absolute atomic E-state index is 8.80. The second kappa shape index (κ2) is 4.63. The Bertz CT molecular complexity index is 91.1. The van der Waals surface area contributed by atoms with Gasteiger partial charge < -0.3 is 25.2 Å². The third kappa shape index (κ3) is 4.28. The Balaban J connectivity index is 3.66. The lowest BCUT2D eigenvalue weighted by Gasteiger charge is -2.20.